The molecule has 0 spiro atoms. The minimum Gasteiger partial charge on any atom is -0.388 e. The van der Waals surface area contributed by atoms with Crippen LogP contribution < -0.4 is 0 Å². The third kappa shape index (κ3) is 3.57. The number of aliphatic hydroxyl groups is 1. The summed E-state index contributed by atoms with van der Waals surface area (Å²) in [5.41, 5.74) is 0.00565. The molecule has 0 saturated heterocycles. The summed E-state index contributed by atoms with van der Waals surface area (Å²) in [7, 11) is 1.55. The predicted molar refractivity (Wildman–Crippen MR) is 52.4 cm³/mol. The molecule has 84 valence electrons. The number of halogens is 2. The number of ether oxygens (including phenoxy) is 1. The summed E-state index contributed by atoms with van der Waals surface area (Å²) in [5, 5.41) is 9.59. The average Bonchev–Trinajstić information content (AvgIpc) is 2.22. The summed E-state index contributed by atoms with van der Waals surface area (Å²) in [5.74, 6) is -1.13. The van der Waals surface area contributed by atoms with Crippen LogP contribution in [0.2, 0.25) is 0 Å². The van der Waals surface area contributed by atoms with Crippen LogP contribution in [0.4, 0.5) is 8.78 Å². The van der Waals surface area contributed by atoms with Gasteiger partial charge in [-0.15, -0.1) is 0 Å². The summed E-state index contributed by atoms with van der Waals surface area (Å²) in [6.45, 7) is 0.494. The molecule has 1 unspecified atom stereocenters. The number of hydrogen-bond donors (Lipinski definition) is 1. The molecule has 0 aliphatic carbocycles. The van der Waals surface area contributed by atoms with Gasteiger partial charge < -0.3 is 9.84 Å². The fraction of sp³-hybridized carbons (Fsp3) is 0.455. The Morgan fingerprint density at radius 1 is 1.40 bits per heavy atom. The van der Waals surface area contributed by atoms with Crippen molar-refractivity contribution in [2.45, 2.75) is 18.9 Å². The Labute approximate surface area is 87.5 Å². The van der Waals surface area contributed by atoms with E-state index < -0.39 is 17.7 Å². The van der Waals surface area contributed by atoms with E-state index in [1.54, 1.807) is 7.11 Å². The van der Waals surface area contributed by atoms with E-state index in [0.717, 1.165) is 18.2 Å². The van der Waals surface area contributed by atoms with E-state index in [1.807, 2.05) is 0 Å². The number of rotatable bonds is 5. The van der Waals surface area contributed by atoms with Crippen molar-refractivity contribution in [1.82, 2.24) is 0 Å². The first-order valence-electron chi connectivity index (χ1n) is 4.77. The lowest BCUT2D eigenvalue weighted by molar-refractivity contribution is 0.133. The number of aliphatic hydroxyl groups excluding tert-OH is 1. The Kier molecular flexibility index (Phi) is 4.65. The van der Waals surface area contributed by atoms with E-state index in [2.05, 4.69) is 0 Å². The Morgan fingerprint density at radius 2 is 2.13 bits per heavy atom. The topological polar surface area (TPSA) is 29.5 Å². The molecule has 1 rings (SSSR count). The molecule has 1 N–H and O–H groups in total. The van der Waals surface area contributed by atoms with Crippen molar-refractivity contribution in [3.8, 4) is 0 Å². The number of methoxy groups -OCH3 is 1. The maximum atomic E-state index is 13.2. The van der Waals surface area contributed by atoms with Gasteiger partial charge in [0.2, 0.25) is 0 Å². The van der Waals surface area contributed by atoms with Crippen LogP contribution >= 0.6 is 0 Å². The van der Waals surface area contributed by atoms with Crippen LogP contribution in [0.1, 0.15) is 24.5 Å². The molecule has 0 aliphatic heterocycles. The normalized spacial score (nSPS) is 12.8. The van der Waals surface area contributed by atoms with Gasteiger partial charge in [-0.3, -0.25) is 0 Å². The van der Waals surface area contributed by atoms with Crippen LogP contribution in [0, 0.1) is 11.6 Å². The van der Waals surface area contributed by atoms with Gasteiger partial charge in [-0.2, -0.15) is 0 Å². The number of hydrogen-bond acceptors (Lipinski definition) is 2. The first-order chi connectivity index (χ1) is 7.15. The van der Waals surface area contributed by atoms with Crippen LogP contribution in [0.3, 0.4) is 0 Å². The summed E-state index contributed by atoms with van der Waals surface area (Å²) in [6.07, 6.45) is -0.0159. The van der Waals surface area contributed by atoms with Gasteiger partial charge in [0, 0.05) is 19.3 Å². The fourth-order valence-electron chi connectivity index (χ4n) is 1.35. The second-order valence-electron chi connectivity index (χ2n) is 3.32. The molecule has 0 saturated carbocycles. The maximum absolute atomic E-state index is 13.2. The summed E-state index contributed by atoms with van der Waals surface area (Å²) in [6, 6.07) is 3.07. The highest BCUT2D eigenvalue weighted by Gasteiger charge is 2.13. The van der Waals surface area contributed by atoms with Gasteiger partial charge in [0.05, 0.1) is 6.10 Å². The summed E-state index contributed by atoms with van der Waals surface area (Å²) < 4.78 is 30.8. The smallest absolute Gasteiger partial charge is 0.129 e. The molecular weight excluding hydrogens is 202 g/mol. The Hall–Kier alpha value is -1.00. The molecule has 0 radical (unpaired) electrons. The predicted octanol–water partition coefficient (Wildman–Crippen LogP) is 2.42. The van der Waals surface area contributed by atoms with E-state index in [4.69, 9.17) is 4.74 Å². The van der Waals surface area contributed by atoms with E-state index in [9.17, 15) is 13.9 Å². The van der Waals surface area contributed by atoms with Crippen molar-refractivity contribution in [2.24, 2.45) is 0 Å². The number of benzene rings is 1. The monoisotopic (exact) mass is 216 g/mol. The standard InChI is InChI=1S/C11H14F2O2/c1-15-6-2-3-11(14)9-7-8(12)4-5-10(9)13/h4-5,7,11,14H,2-3,6H2,1H3. The van der Waals surface area contributed by atoms with Crippen molar-refractivity contribution in [3.63, 3.8) is 0 Å². The maximum Gasteiger partial charge on any atom is 0.129 e. The summed E-state index contributed by atoms with van der Waals surface area (Å²) >= 11 is 0. The lowest BCUT2D eigenvalue weighted by atomic mass is 10.0. The van der Waals surface area contributed by atoms with Crippen molar-refractivity contribution in [1.29, 1.82) is 0 Å². The fourth-order valence-corrected chi connectivity index (χ4v) is 1.35. The molecule has 0 aromatic heterocycles. The first kappa shape index (κ1) is 12.1. The van der Waals surface area contributed by atoms with Gasteiger partial charge in [0.1, 0.15) is 11.6 Å². The highest BCUT2D eigenvalue weighted by molar-refractivity contribution is 5.20. The zero-order chi connectivity index (χ0) is 11.3. The van der Waals surface area contributed by atoms with Crippen molar-refractivity contribution in [2.75, 3.05) is 13.7 Å². The Morgan fingerprint density at radius 3 is 2.80 bits per heavy atom. The molecule has 1 atom stereocenters. The second kappa shape index (κ2) is 5.78. The van der Waals surface area contributed by atoms with Gasteiger partial charge >= 0.3 is 0 Å². The quantitative estimate of drug-likeness (QED) is 0.766. The van der Waals surface area contributed by atoms with Gasteiger partial charge in [-0.05, 0) is 31.0 Å². The molecular formula is C11H14F2O2. The van der Waals surface area contributed by atoms with Crippen molar-refractivity contribution < 1.29 is 18.6 Å². The molecule has 15 heavy (non-hydrogen) atoms. The zero-order valence-electron chi connectivity index (χ0n) is 8.54. The van der Waals surface area contributed by atoms with Gasteiger partial charge in [0.15, 0.2) is 0 Å². The second-order valence-corrected chi connectivity index (χ2v) is 3.32. The van der Waals surface area contributed by atoms with Crippen LogP contribution in [0.5, 0.6) is 0 Å². The van der Waals surface area contributed by atoms with Gasteiger partial charge in [-0.1, -0.05) is 0 Å². The van der Waals surface area contributed by atoms with Crippen LogP contribution in [-0.2, 0) is 4.74 Å². The van der Waals surface area contributed by atoms with Crippen LogP contribution in [0.15, 0.2) is 18.2 Å². The Balaban J connectivity index is 2.64. The molecule has 2 nitrogen and oxygen atoms in total. The molecule has 0 aliphatic rings. The van der Waals surface area contributed by atoms with Crippen molar-refractivity contribution >= 4 is 0 Å². The van der Waals surface area contributed by atoms with Crippen LogP contribution in [-0.4, -0.2) is 18.8 Å². The van der Waals surface area contributed by atoms with Gasteiger partial charge in [-0.25, -0.2) is 8.78 Å². The largest absolute Gasteiger partial charge is 0.388 e. The molecule has 1 aromatic carbocycles. The summed E-state index contributed by atoms with van der Waals surface area (Å²) in [4.78, 5) is 0. The SMILES string of the molecule is COCCCC(O)c1cc(F)ccc1F. The van der Waals surface area contributed by atoms with E-state index in [0.29, 0.717) is 19.4 Å². The molecule has 0 bridgehead atoms. The third-order valence-electron chi connectivity index (χ3n) is 2.14. The zero-order valence-corrected chi connectivity index (χ0v) is 8.54. The molecule has 4 heteroatoms. The average molecular weight is 216 g/mol. The Bertz CT molecular complexity index is 315. The minimum atomic E-state index is -0.976. The highest BCUT2D eigenvalue weighted by Crippen LogP contribution is 2.22. The van der Waals surface area contributed by atoms with E-state index in [-0.39, 0.29) is 5.56 Å². The molecule has 0 heterocycles. The lowest BCUT2D eigenvalue weighted by Gasteiger charge is -2.11. The van der Waals surface area contributed by atoms with E-state index in [1.165, 1.54) is 0 Å². The van der Waals surface area contributed by atoms with Gasteiger partial charge in [0.25, 0.3) is 0 Å². The molecule has 0 fully saturated rings. The third-order valence-corrected chi connectivity index (χ3v) is 2.14. The van der Waals surface area contributed by atoms with Crippen LogP contribution in [0.25, 0.3) is 0 Å². The minimum absolute atomic E-state index is 0.00565. The lowest BCUT2D eigenvalue weighted by Crippen LogP contribution is -2.03. The highest BCUT2D eigenvalue weighted by atomic mass is 19.1. The van der Waals surface area contributed by atoms with E-state index >= 15 is 0 Å². The molecule has 1 aromatic rings. The van der Waals surface area contributed by atoms with Crippen molar-refractivity contribution in [3.05, 3.63) is 35.4 Å². The molecule has 0 amide bonds. The first-order valence-corrected chi connectivity index (χ1v) is 4.77.